The fourth-order valence-corrected chi connectivity index (χ4v) is 2.74. The molecule has 2 aromatic carbocycles. The van der Waals surface area contributed by atoms with Gasteiger partial charge in [0.05, 0.1) is 22.5 Å². The zero-order valence-electron chi connectivity index (χ0n) is 14.9. The minimum Gasteiger partial charge on any atom is -0.449 e. The number of halogens is 3. The summed E-state index contributed by atoms with van der Waals surface area (Å²) in [6.07, 6.45) is -1.25. The molecule has 0 aliphatic rings. The number of hydrogen-bond acceptors (Lipinski definition) is 4. The number of hydrogen-bond donors (Lipinski definition) is 1. The number of pyridine rings is 1. The van der Waals surface area contributed by atoms with Crippen molar-refractivity contribution in [3.8, 4) is 0 Å². The summed E-state index contributed by atoms with van der Waals surface area (Å²) in [6.45, 7) is 2.96. The first-order chi connectivity index (χ1) is 13.2. The molecule has 0 saturated heterocycles. The predicted octanol–water partition coefficient (Wildman–Crippen LogP) is 4.66. The molecule has 1 aromatic heterocycles. The highest BCUT2D eigenvalue weighted by Crippen LogP contribution is 2.22. The SMILES string of the molecule is Cc1nc2ccc(Cl)cc2cc1C(=O)O[C@H](C)C(=O)Nc1cc(F)ccc1F. The molecular formula is C20H15ClF2N2O3. The van der Waals surface area contributed by atoms with E-state index >= 15 is 0 Å². The van der Waals surface area contributed by atoms with Gasteiger partial charge in [0.15, 0.2) is 6.10 Å². The standard InChI is InChI=1S/C20H15ClF2N2O3/c1-10-15(8-12-7-13(21)3-6-17(12)24-10)20(27)28-11(2)19(26)25-18-9-14(22)4-5-16(18)23/h3-9,11H,1-2H3,(H,25,26)/t11-/m1/s1. The van der Waals surface area contributed by atoms with E-state index in [4.69, 9.17) is 16.3 Å². The summed E-state index contributed by atoms with van der Waals surface area (Å²) < 4.78 is 32.0. The highest BCUT2D eigenvalue weighted by molar-refractivity contribution is 6.31. The van der Waals surface area contributed by atoms with E-state index in [-0.39, 0.29) is 11.3 Å². The van der Waals surface area contributed by atoms with Crippen molar-refractivity contribution in [2.75, 3.05) is 5.32 Å². The third-order valence-electron chi connectivity index (χ3n) is 4.03. The van der Waals surface area contributed by atoms with Gasteiger partial charge in [-0.25, -0.2) is 13.6 Å². The number of aromatic nitrogens is 1. The third-order valence-corrected chi connectivity index (χ3v) is 4.26. The molecule has 3 rings (SSSR count). The number of carbonyl (C=O) groups is 2. The van der Waals surface area contributed by atoms with Gasteiger partial charge in [0.25, 0.3) is 5.91 Å². The van der Waals surface area contributed by atoms with Gasteiger partial charge < -0.3 is 10.1 Å². The lowest BCUT2D eigenvalue weighted by molar-refractivity contribution is -0.123. The Bertz CT molecular complexity index is 1090. The Labute approximate surface area is 164 Å². The second-order valence-electron chi connectivity index (χ2n) is 6.12. The second-order valence-corrected chi connectivity index (χ2v) is 6.56. The molecule has 144 valence electrons. The minimum absolute atomic E-state index is 0.173. The molecule has 0 fully saturated rings. The van der Waals surface area contributed by atoms with Crippen LogP contribution in [0, 0.1) is 18.6 Å². The number of carbonyl (C=O) groups excluding carboxylic acids is 2. The number of nitrogens with zero attached hydrogens (tertiary/aromatic N) is 1. The number of rotatable bonds is 4. The highest BCUT2D eigenvalue weighted by Gasteiger charge is 2.22. The molecule has 0 saturated carbocycles. The number of esters is 1. The van der Waals surface area contributed by atoms with Gasteiger partial charge in [-0.2, -0.15) is 0 Å². The van der Waals surface area contributed by atoms with Gasteiger partial charge >= 0.3 is 5.97 Å². The maximum atomic E-state index is 13.6. The van der Waals surface area contributed by atoms with Crippen LogP contribution in [0.25, 0.3) is 10.9 Å². The third kappa shape index (κ3) is 4.26. The lowest BCUT2D eigenvalue weighted by Gasteiger charge is -2.15. The molecule has 0 aliphatic heterocycles. The van der Waals surface area contributed by atoms with E-state index < -0.39 is 29.6 Å². The van der Waals surface area contributed by atoms with Crippen LogP contribution in [0.3, 0.4) is 0 Å². The van der Waals surface area contributed by atoms with E-state index in [2.05, 4.69) is 10.3 Å². The smallest absolute Gasteiger partial charge is 0.340 e. The van der Waals surface area contributed by atoms with Gasteiger partial charge in [-0.3, -0.25) is 9.78 Å². The molecule has 0 spiro atoms. The van der Waals surface area contributed by atoms with Crippen molar-refractivity contribution in [2.45, 2.75) is 20.0 Å². The fourth-order valence-electron chi connectivity index (χ4n) is 2.56. The van der Waals surface area contributed by atoms with Crippen molar-refractivity contribution < 1.29 is 23.1 Å². The lowest BCUT2D eigenvalue weighted by atomic mass is 10.1. The fraction of sp³-hybridized carbons (Fsp3) is 0.150. The van der Waals surface area contributed by atoms with Crippen molar-refractivity contribution in [3.63, 3.8) is 0 Å². The van der Waals surface area contributed by atoms with E-state index in [0.717, 1.165) is 18.2 Å². The normalized spacial score (nSPS) is 11.9. The number of amides is 1. The first kappa shape index (κ1) is 19.7. The average Bonchev–Trinajstić information content (AvgIpc) is 2.64. The summed E-state index contributed by atoms with van der Waals surface area (Å²) in [6, 6.07) is 9.29. The minimum atomic E-state index is -1.25. The number of ether oxygens (including phenoxy) is 1. The second kappa shape index (κ2) is 7.90. The largest absolute Gasteiger partial charge is 0.449 e. The molecule has 28 heavy (non-hydrogen) atoms. The van der Waals surface area contributed by atoms with Crippen LogP contribution in [0.4, 0.5) is 14.5 Å². The summed E-state index contributed by atoms with van der Waals surface area (Å²) >= 11 is 5.96. The van der Waals surface area contributed by atoms with Crippen LogP contribution in [0.15, 0.2) is 42.5 Å². The molecule has 8 heteroatoms. The molecule has 0 aliphatic carbocycles. The van der Waals surface area contributed by atoms with Gasteiger partial charge in [0, 0.05) is 16.5 Å². The van der Waals surface area contributed by atoms with Crippen molar-refractivity contribution in [1.82, 2.24) is 4.98 Å². The molecular weight excluding hydrogens is 390 g/mol. The van der Waals surface area contributed by atoms with E-state index in [9.17, 15) is 18.4 Å². The molecule has 0 unspecified atom stereocenters. The Morgan fingerprint density at radius 2 is 1.89 bits per heavy atom. The van der Waals surface area contributed by atoms with Gasteiger partial charge in [-0.1, -0.05) is 11.6 Å². The Morgan fingerprint density at radius 3 is 2.64 bits per heavy atom. The zero-order valence-corrected chi connectivity index (χ0v) is 15.7. The predicted molar refractivity (Wildman–Crippen MR) is 101 cm³/mol. The number of aryl methyl sites for hydroxylation is 1. The van der Waals surface area contributed by atoms with Crippen LogP contribution in [0.2, 0.25) is 5.02 Å². The Morgan fingerprint density at radius 1 is 1.14 bits per heavy atom. The van der Waals surface area contributed by atoms with E-state index in [1.807, 2.05) is 0 Å². The first-order valence-electron chi connectivity index (χ1n) is 8.28. The lowest BCUT2D eigenvalue weighted by Crippen LogP contribution is -2.30. The van der Waals surface area contributed by atoms with Crippen molar-refractivity contribution in [2.24, 2.45) is 0 Å². The summed E-state index contributed by atoms with van der Waals surface area (Å²) in [7, 11) is 0. The van der Waals surface area contributed by atoms with Crippen LogP contribution in [0.1, 0.15) is 23.0 Å². The average molecular weight is 405 g/mol. The van der Waals surface area contributed by atoms with Gasteiger partial charge in [0.2, 0.25) is 0 Å². The van der Waals surface area contributed by atoms with Crippen molar-refractivity contribution >= 4 is 40.1 Å². The number of nitrogens with one attached hydrogen (secondary N) is 1. The van der Waals surface area contributed by atoms with Crippen LogP contribution in [0.5, 0.6) is 0 Å². The molecule has 1 heterocycles. The molecule has 3 aromatic rings. The molecule has 0 radical (unpaired) electrons. The summed E-state index contributed by atoms with van der Waals surface area (Å²) in [4.78, 5) is 29.0. The maximum Gasteiger partial charge on any atom is 0.340 e. The van der Waals surface area contributed by atoms with Crippen LogP contribution >= 0.6 is 11.6 Å². The Kier molecular flexibility index (Phi) is 5.56. The number of fused-ring (bicyclic) bond motifs is 1. The van der Waals surface area contributed by atoms with E-state index in [1.54, 1.807) is 31.2 Å². The number of anilines is 1. The Balaban J connectivity index is 1.76. The summed E-state index contributed by atoms with van der Waals surface area (Å²) in [5, 5.41) is 3.33. The first-order valence-corrected chi connectivity index (χ1v) is 8.66. The quantitative estimate of drug-likeness (QED) is 0.642. The topological polar surface area (TPSA) is 68.3 Å². The van der Waals surface area contributed by atoms with Crippen LogP contribution in [-0.4, -0.2) is 23.0 Å². The van der Waals surface area contributed by atoms with Crippen LogP contribution < -0.4 is 5.32 Å². The van der Waals surface area contributed by atoms with E-state index in [1.165, 1.54) is 6.92 Å². The maximum absolute atomic E-state index is 13.6. The molecule has 0 bridgehead atoms. The van der Waals surface area contributed by atoms with Crippen LogP contribution in [-0.2, 0) is 9.53 Å². The molecule has 1 atom stereocenters. The molecule has 1 N–H and O–H groups in total. The number of benzene rings is 2. The summed E-state index contributed by atoms with van der Waals surface area (Å²) in [5.74, 6) is -3.08. The van der Waals surface area contributed by atoms with Gasteiger partial charge in [0.1, 0.15) is 11.6 Å². The Hall–Kier alpha value is -3.06. The monoisotopic (exact) mass is 404 g/mol. The van der Waals surface area contributed by atoms with Crippen molar-refractivity contribution in [1.29, 1.82) is 0 Å². The molecule has 5 nitrogen and oxygen atoms in total. The highest BCUT2D eigenvalue weighted by atomic mass is 35.5. The van der Waals surface area contributed by atoms with Gasteiger partial charge in [-0.15, -0.1) is 0 Å². The van der Waals surface area contributed by atoms with Gasteiger partial charge in [-0.05, 0) is 50.2 Å². The molecule has 1 amide bonds. The van der Waals surface area contributed by atoms with Crippen molar-refractivity contribution in [3.05, 3.63) is 70.4 Å². The summed E-state index contributed by atoms with van der Waals surface area (Å²) in [5.41, 5.74) is 0.909. The zero-order chi connectivity index (χ0) is 20.4. The van der Waals surface area contributed by atoms with E-state index in [0.29, 0.717) is 21.6 Å².